The lowest BCUT2D eigenvalue weighted by Gasteiger charge is -2.33. The number of ether oxygens (including phenoxy) is 1. The summed E-state index contributed by atoms with van der Waals surface area (Å²) in [5.41, 5.74) is 1.49. The summed E-state index contributed by atoms with van der Waals surface area (Å²) in [6, 6.07) is 3.55. The first kappa shape index (κ1) is 14.6. The zero-order chi connectivity index (χ0) is 15.7. The zero-order valence-corrected chi connectivity index (χ0v) is 13.0. The Hall–Kier alpha value is -2.28. The molecule has 0 spiro atoms. The third-order valence-electron chi connectivity index (χ3n) is 3.93. The summed E-state index contributed by atoms with van der Waals surface area (Å²) >= 11 is 0. The highest BCUT2D eigenvalue weighted by molar-refractivity contribution is 5.92. The lowest BCUT2D eigenvalue weighted by molar-refractivity contribution is 0.0626. The van der Waals surface area contributed by atoms with Crippen LogP contribution >= 0.6 is 0 Å². The fourth-order valence-corrected chi connectivity index (χ4v) is 2.76. The third-order valence-corrected chi connectivity index (χ3v) is 3.93. The number of pyridine rings is 1. The zero-order valence-electron chi connectivity index (χ0n) is 13.0. The van der Waals surface area contributed by atoms with Gasteiger partial charge in [0.1, 0.15) is 12.3 Å². The summed E-state index contributed by atoms with van der Waals surface area (Å²) in [6.07, 6.45) is 1.66. The fourth-order valence-electron chi connectivity index (χ4n) is 2.76. The summed E-state index contributed by atoms with van der Waals surface area (Å²) < 4.78 is 7.16. The first-order chi connectivity index (χ1) is 10.6. The van der Waals surface area contributed by atoms with E-state index in [0.29, 0.717) is 25.4 Å². The Balaban J connectivity index is 1.86. The van der Waals surface area contributed by atoms with Crippen LogP contribution in [0.4, 0.5) is 0 Å². The molecule has 0 aromatic carbocycles. The Morgan fingerprint density at radius 1 is 1.41 bits per heavy atom. The van der Waals surface area contributed by atoms with Crippen LogP contribution in [0.25, 0.3) is 0 Å². The van der Waals surface area contributed by atoms with Gasteiger partial charge >= 0.3 is 0 Å². The number of nitrogens with zero attached hydrogens (tertiary/aromatic N) is 5. The molecule has 1 aliphatic heterocycles. The summed E-state index contributed by atoms with van der Waals surface area (Å²) in [6.45, 7) is 5.61. The monoisotopic (exact) mass is 301 g/mol. The number of carbonyl (C=O) groups excluding carboxylic acids is 1. The maximum atomic E-state index is 12.7. The second-order valence-electron chi connectivity index (χ2n) is 5.45. The fraction of sp³-hybridized carbons (Fsp3) is 0.467. The van der Waals surface area contributed by atoms with Gasteiger partial charge in [0.05, 0.1) is 6.04 Å². The van der Waals surface area contributed by atoms with E-state index in [4.69, 9.17) is 4.74 Å². The van der Waals surface area contributed by atoms with Crippen molar-refractivity contribution in [3.63, 3.8) is 0 Å². The first-order valence-electron chi connectivity index (χ1n) is 7.26. The molecule has 1 amide bonds. The van der Waals surface area contributed by atoms with Crippen molar-refractivity contribution in [1.82, 2.24) is 24.6 Å². The van der Waals surface area contributed by atoms with Crippen LogP contribution in [0.2, 0.25) is 0 Å². The number of carbonyl (C=O) groups is 1. The van der Waals surface area contributed by atoms with E-state index in [-0.39, 0.29) is 11.9 Å². The van der Waals surface area contributed by atoms with E-state index < -0.39 is 0 Å². The molecule has 2 aromatic rings. The minimum atomic E-state index is -0.137. The van der Waals surface area contributed by atoms with Gasteiger partial charge in [0.25, 0.3) is 5.91 Å². The molecular weight excluding hydrogens is 282 g/mol. The maximum absolute atomic E-state index is 12.7. The molecule has 0 radical (unpaired) electrons. The quantitative estimate of drug-likeness (QED) is 0.855. The molecule has 22 heavy (non-hydrogen) atoms. The molecule has 1 aliphatic rings. The number of aromatic nitrogens is 4. The lowest BCUT2D eigenvalue weighted by Crippen LogP contribution is -2.41. The first-order valence-corrected chi connectivity index (χ1v) is 7.26. The predicted octanol–water partition coefficient (Wildman–Crippen LogP) is 1.34. The van der Waals surface area contributed by atoms with Crippen molar-refractivity contribution >= 4 is 5.91 Å². The Labute approximate surface area is 128 Å². The second kappa shape index (κ2) is 5.84. The van der Waals surface area contributed by atoms with Gasteiger partial charge in [-0.3, -0.25) is 9.78 Å². The molecule has 2 aromatic heterocycles. The highest BCUT2D eigenvalue weighted by Gasteiger charge is 2.32. The molecule has 0 fully saturated rings. The Kier molecular flexibility index (Phi) is 3.89. The average Bonchev–Trinajstić information content (AvgIpc) is 2.92. The second-order valence-corrected chi connectivity index (χ2v) is 5.45. The van der Waals surface area contributed by atoms with Gasteiger partial charge in [-0.1, -0.05) is 0 Å². The van der Waals surface area contributed by atoms with E-state index in [1.54, 1.807) is 18.2 Å². The molecule has 0 unspecified atom stereocenters. The molecule has 7 nitrogen and oxygen atoms in total. The van der Waals surface area contributed by atoms with Gasteiger partial charge in [0.15, 0.2) is 11.6 Å². The molecule has 3 rings (SSSR count). The maximum Gasteiger partial charge on any atom is 0.273 e. The molecule has 116 valence electrons. The van der Waals surface area contributed by atoms with E-state index in [1.807, 2.05) is 30.5 Å². The molecule has 7 heteroatoms. The molecule has 0 N–H and O–H groups in total. The van der Waals surface area contributed by atoms with Crippen LogP contribution in [-0.2, 0) is 17.9 Å². The molecule has 0 saturated heterocycles. The van der Waals surface area contributed by atoms with E-state index in [1.165, 1.54) is 0 Å². The molecule has 0 bridgehead atoms. The van der Waals surface area contributed by atoms with Gasteiger partial charge in [-0.15, -0.1) is 10.2 Å². The standard InChI is InChI=1S/C15H19N5O2/c1-10-4-5-16-12(8-10)15(21)19-6-7-20-13(9-22-3)17-18-14(20)11(19)2/h4-5,8,11H,6-7,9H2,1-3H3/t11-/m1/s1. The Bertz CT molecular complexity index is 697. The number of aryl methyl sites for hydroxylation is 1. The third kappa shape index (κ3) is 2.48. The largest absolute Gasteiger partial charge is 0.377 e. The van der Waals surface area contributed by atoms with Crippen LogP contribution < -0.4 is 0 Å². The number of hydrogen-bond acceptors (Lipinski definition) is 5. The van der Waals surface area contributed by atoms with E-state index in [9.17, 15) is 4.79 Å². The molecular formula is C15H19N5O2. The lowest BCUT2D eigenvalue weighted by atomic mass is 10.1. The van der Waals surface area contributed by atoms with Crippen molar-refractivity contribution in [2.24, 2.45) is 0 Å². The van der Waals surface area contributed by atoms with Gasteiger partial charge in [0.2, 0.25) is 0 Å². The number of methoxy groups -OCH3 is 1. The van der Waals surface area contributed by atoms with Gasteiger partial charge in [-0.25, -0.2) is 0 Å². The van der Waals surface area contributed by atoms with Gasteiger partial charge in [0, 0.05) is 26.4 Å². The van der Waals surface area contributed by atoms with Gasteiger partial charge in [-0.2, -0.15) is 0 Å². The van der Waals surface area contributed by atoms with Crippen molar-refractivity contribution in [3.05, 3.63) is 41.2 Å². The van der Waals surface area contributed by atoms with Crippen LogP contribution in [0.5, 0.6) is 0 Å². The van der Waals surface area contributed by atoms with E-state index in [2.05, 4.69) is 15.2 Å². The topological polar surface area (TPSA) is 73.1 Å². The minimum absolute atomic E-state index is 0.0706. The summed E-state index contributed by atoms with van der Waals surface area (Å²) in [7, 11) is 1.63. The van der Waals surface area contributed by atoms with Crippen LogP contribution in [0.3, 0.4) is 0 Å². The van der Waals surface area contributed by atoms with Crippen molar-refractivity contribution in [1.29, 1.82) is 0 Å². The van der Waals surface area contributed by atoms with Crippen molar-refractivity contribution in [2.45, 2.75) is 33.0 Å². The molecule has 0 saturated carbocycles. The van der Waals surface area contributed by atoms with Crippen molar-refractivity contribution < 1.29 is 9.53 Å². The summed E-state index contributed by atoms with van der Waals surface area (Å²) in [5, 5.41) is 8.37. The van der Waals surface area contributed by atoms with Crippen molar-refractivity contribution in [3.8, 4) is 0 Å². The minimum Gasteiger partial charge on any atom is -0.377 e. The van der Waals surface area contributed by atoms with E-state index >= 15 is 0 Å². The van der Waals surface area contributed by atoms with Crippen LogP contribution in [-0.4, -0.2) is 44.2 Å². The highest BCUT2D eigenvalue weighted by Crippen LogP contribution is 2.25. The van der Waals surface area contributed by atoms with Crippen LogP contribution in [0.1, 0.15) is 40.7 Å². The van der Waals surface area contributed by atoms with E-state index in [0.717, 1.165) is 17.2 Å². The number of fused-ring (bicyclic) bond motifs is 1. The average molecular weight is 301 g/mol. The summed E-state index contributed by atoms with van der Waals surface area (Å²) in [5.74, 6) is 1.52. The molecule has 0 aliphatic carbocycles. The normalized spacial score (nSPS) is 17.4. The number of rotatable bonds is 3. The highest BCUT2D eigenvalue weighted by atomic mass is 16.5. The summed E-state index contributed by atoms with van der Waals surface area (Å²) in [4.78, 5) is 18.7. The molecule has 3 heterocycles. The van der Waals surface area contributed by atoms with Crippen LogP contribution in [0, 0.1) is 6.92 Å². The predicted molar refractivity (Wildman–Crippen MR) is 79.2 cm³/mol. The Morgan fingerprint density at radius 3 is 2.95 bits per heavy atom. The number of hydrogen-bond donors (Lipinski definition) is 0. The molecule has 1 atom stereocenters. The van der Waals surface area contributed by atoms with Gasteiger partial charge < -0.3 is 14.2 Å². The smallest absolute Gasteiger partial charge is 0.273 e. The van der Waals surface area contributed by atoms with Crippen molar-refractivity contribution in [2.75, 3.05) is 13.7 Å². The van der Waals surface area contributed by atoms with Gasteiger partial charge in [-0.05, 0) is 31.5 Å². The SMILES string of the molecule is COCc1nnc2n1CCN(C(=O)c1cc(C)ccn1)[C@@H]2C. The number of amides is 1. The Morgan fingerprint density at radius 2 is 2.23 bits per heavy atom. The van der Waals surface area contributed by atoms with Crippen LogP contribution in [0.15, 0.2) is 18.3 Å².